The van der Waals surface area contributed by atoms with E-state index in [2.05, 4.69) is 51.8 Å². The molecule has 3 heteroatoms. The monoisotopic (exact) mass is 198 g/mol. The van der Waals surface area contributed by atoms with Crippen LogP contribution in [0, 0.1) is 0 Å². The Kier molecular flexibility index (Phi) is 1.44. The summed E-state index contributed by atoms with van der Waals surface area (Å²) < 4.78 is 0.538. The van der Waals surface area contributed by atoms with Crippen LogP contribution in [-0.4, -0.2) is 20.6 Å². The first-order chi connectivity index (χ1) is 5.66. The zero-order valence-electron chi connectivity index (χ0n) is 9.30. The maximum atomic E-state index is 4.44. The van der Waals surface area contributed by atoms with Gasteiger partial charge < -0.3 is 0 Å². The van der Waals surface area contributed by atoms with Crippen molar-refractivity contribution < 1.29 is 0 Å². The first-order valence-electron chi connectivity index (χ1n) is 4.81. The lowest BCUT2D eigenvalue weighted by Gasteiger charge is -2.33. The largest absolute Gasteiger partial charge is 0.186 e. The summed E-state index contributed by atoms with van der Waals surface area (Å²) in [6.07, 6.45) is 0. The third-order valence-corrected chi connectivity index (χ3v) is 5.92. The predicted octanol–water partition coefficient (Wildman–Crippen LogP) is 3.27. The molecule has 0 amide bonds. The van der Waals surface area contributed by atoms with Crippen molar-refractivity contribution in [3.63, 3.8) is 0 Å². The third kappa shape index (κ3) is 0.821. The van der Waals surface area contributed by atoms with Gasteiger partial charge in [-0.15, -0.1) is 11.8 Å². The lowest BCUT2D eigenvalue weighted by molar-refractivity contribution is 0.314. The molecule has 0 radical (unpaired) electrons. The molecular formula is C10H18N2S. The molecule has 0 aromatic heterocycles. The number of hydrogen-bond acceptors (Lipinski definition) is 3. The van der Waals surface area contributed by atoms with E-state index >= 15 is 0 Å². The molecular weight excluding hydrogens is 180 g/mol. The number of azo groups is 1. The van der Waals surface area contributed by atoms with Gasteiger partial charge in [-0.1, -0.05) is 0 Å². The molecule has 0 N–H and O–H groups in total. The molecule has 0 aromatic carbocycles. The number of hydrogen-bond donors (Lipinski definition) is 0. The maximum absolute atomic E-state index is 4.44. The van der Waals surface area contributed by atoms with Crippen LogP contribution in [0.2, 0.25) is 0 Å². The summed E-state index contributed by atoms with van der Waals surface area (Å²) in [5, 5.41) is 8.87. The Bertz CT molecular complexity index is 271. The third-order valence-electron chi connectivity index (χ3n) is 3.49. The Morgan fingerprint density at radius 2 is 1.08 bits per heavy atom. The van der Waals surface area contributed by atoms with Crippen LogP contribution in [0.15, 0.2) is 10.2 Å². The maximum Gasteiger partial charge on any atom is 0.0943 e. The molecule has 0 saturated carbocycles. The molecule has 0 aliphatic carbocycles. The van der Waals surface area contributed by atoms with Gasteiger partial charge in [-0.05, 0) is 41.5 Å². The Labute approximate surface area is 84.6 Å². The second-order valence-electron chi connectivity index (χ2n) is 5.61. The lowest BCUT2D eigenvalue weighted by Crippen LogP contribution is -2.50. The first-order valence-corrected chi connectivity index (χ1v) is 5.62. The van der Waals surface area contributed by atoms with Gasteiger partial charge in [0.1, 0.15) is 0 Å². The molecule has 2 heterocycles. The van der Waals surface area contributed by atoms with Gasteiger partial charge in [0.25, 0.3) is 0 Å². The highest BCUT2D eigenvalue weighted by molar-refractivity contribution is 8.09. The fourth-order valence-corrected chi connectivity index (χ4v) is 5.01. The Hall–Kier alpha value is -0.0500. The van der Waals surface area contributed by atoms with Crippen LogP contribution >= 0.6 is 11.8 Å². The van der Waals surface area contributed by atoms with E-state index in [1.165, 1.54) is 0 Å². The summed E-state index contributed by atoms with van der Waals surface area (Å²) in [6, 6.07) is 0. The van der Waals surface area contributed by atoms with E-state index in [4.69, 9.17) is 0 Å². The molecule has 1 fully saturated rings. The van der Waals surface area contributed by atoms with Crippen molar-refractivity contribution in [3.05, 3.63) is 0 Å². The average molecular weight is 198 g/mol. The van der Waals surface area contributed by atoms with Crippen LogP contribution in [0.1, 0.15) is 41.5 Å². The van der Waals surface area contributed by atoms with Crippen molar-refractivity contribution in [2.24, 2.45) is 10.2 Å². The van der Waals surface area contributed by atoms with Gasteiger partial charge >= 0.3 is 0 Å². The molecule has 1 spiro atoms. The summed E-state index contributed by atoms with van der Waals surface area (Å²) in [4.78, 5) is 0. The Morgan fingerprint density at radius 3 is 1.23 bits per heavy atom. The lowest BCUT2D eigenvalue weighted by atomic mass is 9.70. The first kappa shape index (κ1) is 9.50. The Balaban J connectivity index is 2.49. The topological polar surface area (TPSA) is 24.7 Å². The van der Waals surface area contributed by atoms with Gasteiger partial charge in [0.15, 0.2) is 0 Å². The van der Waals surface area contributed by atoms with Crippen LogP contribution in [0.3, 0.4) is 0 Å². The van der Waals surface area contributed by atoms with Crippen LogP contribution in [0.5, 0.6) is 0 Å². The highest BCUT2D eigenvalue weighted by atomic mass is 32.2. The predicted molar refractivity (Wildman–Crippen MR) is 57.4 cm³/mol. The van der Waals surface area contributed by atoms with Crippen molar-refractivity contribution in [2.75, 3.05) is 0 Å². The van der Waals surface area contributed by atoms with E-state index in [1.54, 1.807) is 0 Å². The molecule has 0 unspecified atom stereocenters. The van der Waals surface area contributed by atoms with Crippen LogP contribution in [0.25, 0.3) is 0 Å². The minimum Gasteiger partial charge on any atom is -0.186 e. The van der Waals surface area contributed by atoms with E-state index in [0.717, 1.165) is 0 Å². The highest BCUT2D eigenvalue weighted by Crippen LogP contribution is 2.76. The van der Waals surface area contributed by atoms with Gasteiger partial charge in [-0.3, -0.25) is 0 Å². The molecule has 2 rings (SSSR count). The molecule has 0 atom stereocenters. The fourth-order valence-electron chi connectivity index (χ4n) is 3.22. The van der Waals surface area contributed by atoms with Crippen molar-refractivity contribution in [1.82, 2.24) is 0 Å². The normalized spacial score (nSPS) is 35.2. The van der Waals surface area contributed by atoms with E-state index in [9.17, 15) is 0 Å². The number of thioether (sulfide) groups is 1. The molecule has 1 saturated heterocycles. The second kappa shape index (κ2) is 1.97. The zero-order chi connectivity index (χ0) is 10.1. The number of rotatable bonds is 0. The zero-order valence-corrected chi connectivity index (χ0v) is 10.1. The van der Waals surface area contributed by atoms with Crippen LogP contribution < -0.4 is 0 Å². The van der Waals surface area contributed by atoms with Crippen molar-refractivity contribution in [1.29, 1.82) is 0 Å². The van der Waals surface area contributed by atoms with E-state index in [1.807, 2.05) is 11.8 Å². The molecule has 74 valence electrons. The van der Waals surface area contributed by atoms with Crippen molar-refractivity contribution in [3.8, 4) is 0 Å². The quantitative estimate of drug-likeness (QED) is 0.548. The van der Waals surface area contributed by atoms with Gasteiger partial charge in [0, 0.05) is 4.75 Å². The molecule has 2 aliphatic heterocycles. The smallest absolute Gasteiger partial charge is 0.0943 e. The van der Waals surface area contributed by atoms with Gasteiger partial charge in [-0.2, -0.15) is 10.2 Å². The standard InChI is InChI=1S/C10H18N2S/c1-7(2)10(9(5,6)13-10)8(3,4)12-11-7/h1-6H3. The molecule has 0 aromatic rings. The summed E-state index contributed by atoms with van der Waals surface area (Å²) >= 11 is 2.03. The minimum absolute atomic E-state index is 0.00926. The summed E-state index contributed by atoms with van der Waals surface area (Å²) in [6.45, 7) is 13.4. The van der Waals surface area contributed by atoms with Crippen LogP contribution in [-0.2, 0) is 0 Å². The van der Waals surface area contributed by atoms with Gasteiger partial charge in [0.05, 0.1) is 15.8 Å². The molecule has 0 bridgehead atoms. The molecule has 13 heavy (non-hydrogen) atoms. The van der Waals surface area contributed by atoms with Gasteiger partial charge in [0.2, 0.25) is 0 Å². The summed E-state index contributed by atoms with van der Waals surface area (Å²) in [5.41, 5.74) is -0.0185. The molecule has 2 nitrogen and oxygen atoms in total. The van der Waals surface area contributed by atoms with E-state index < -0.39 is 0 Å². The van der Waals surface area contributed by atoms with Crippen molar-refractivity contribution >= 4 is 11.8 Å². The van der Waals surface area contributed by atoms with Gasteiger partial charge in [-0.25, -0.2) is 0 Å². The number of nitrogens with zero attached hydrogens (tertiary/aromatic N) is 2. The fraction of sp³-hybridized carbons (Fsp3) is 1.00. The van der Waals surface area contributed by atoms with E-state index in [0.29, 0.717) is 4.75 Å². The minimum atomic E-state index is -0.00926. The SMILES string of the molecule is CC1(C)N=NC(C)(C)C12SC2(C)C. The summed E-state index contributed by atoms with van der Waals surface area (Å²) in [5.74, 6) is 0. The van der Waals surface area contributed by atoms with E-state index in [-0.39, 0.29) is 15.8 Å². The van der Waals surface area contributed by atoms with Crippen molar-refractivity contribution in [2.45, 2.75) is 62.1 Å². The summed E-state index contributed by atoms with van der Waals surface area (Å²) in [7, 11) is 0. The second-order valence-corrected chi connectivity index (χ2v) is 7.45. The molecule has 2 aliphatic rings. The highest BCUT2D eigenvalue weighted by Gasteiger charge is 2.79. The Morgan fingerprint density at radius 1 is 0.769 bits per heavy atom. The average Bonchev–Trinajstić information content (AvgIpc) is 2.48. The van der Waals surface area contributed by atoms with Crippen LogP contribution in [0.4, 0.5) is 0 Å².